The van der Waals surface area contributed by atoms with Crippen molar-refractivity contribution in [1.82, 2.24) is 24.9 Å². The van der Waals surface area contributed by atoms with Crippen LogP contribution in [0.3, 0.4) is 0 Å². The van der Waals surface area contributed by atoms with Crippen molar-refractivity contribution in [3.05, 3.63) is 54.4 Å². The third-order valence-corrected chi connectivity index (χ3v) is 6.06. The maximum absolute atomic E-state index is 13.2. The fraction of sp³-hybridized carbons (Fsp3) is 0.346. The van der Waals surface area contributed by atoms with Crippen molar-refractivity contribution in [3.8, 4) is 0 Å². The summed E-state index contributed by atoms with van der Waals surface area (Å²) in [6.07, 6.45) is 3.25. The first-order valence-corrected chi connectivity index (χ1v) is 11.9. The van der Waals surface area contributed by atoms with Gasteiger partial charge in [-0.05, 0) is 57.2 Å². The van der Waals surface area contributed by atoms with Crippen LogP contribution in [0.25, 0.3) is 21.8 Å². The molecule has 0 bridgehead atoms. The number of carbonyl (C=O) groups excluding carboxylic acids is 2. The maximum Gasteiger partial charge on any atom is 0.410 e. The van der Waals surface area contributed by atoms with Gasteiger partial charge in [-0.25, -0.2) is 4.79 Å². The number of benzene rings is 2. The van der Waals surface area contributed by atoms with E-state index in [4.69, 9.17) is 4.74 Å². The summed E-state index contributed by atoms with van der Waals surface area (Å²) in [5, 5.41) is 17.5. The topological polar surface area (TPSA) is 105 Å². The van der Waals surface area contributed by atoms with E-state index < -0.39 is 5.60 Å². The Morgan fingerprint density at radius 1 is 1.03 bits per heavy atom. The van der Waals surface area contributed by atoms with Crippen molar-refractivity contribution in [1.29, 1.82) is 0 Å². The summed E-state index contributed by atoms with van der Waals surface area (Å²) in [7, 11) is 1.86. The number of piperazine rings is 1. The third kappa shape index (κ3) is 4.79. The van der Waals surface area contributed by atoms with E-state index in [1.165, 1.54) is 0 Å². The fourth-order valence-corrected chi connectivity index (χ4v) is 4.40. The van der Waals surface area contributed by atoms with Gasteiger partial charge in [-0.2, -0.15) is 10.2 Å². The van der Waals surface area contributed by atoms with Gasteiger partial charge in [-0.1, -0.05) is 0 Å². The van der Waals surface area contributed by atoms with Gasteiger partial charge in [-0.15, -0.1) is 5.10 Å². The Hall–Kier alpha value is -4.21. The van der Waals surface area contributed by atoms with Gasteiger partial charge in [0.25, 0.3) is 5.91 Å². The normalized spacial score (nSPS) is 14.3. The number of aryl methyl sites for hydroxylation is 1. The Kier molecular flexibility index (Phi) is 5.95. The number of hydrogen-bond donors (Lipinski definition) is 1. The summed E-state index contributed by atoms with van der Waals surface area (Å²) < 4.78 is 7.25. The van der Waals surface area contributed by atoms with Gasteiger partial charge in [0.2, 0.25) is 0 Å². The average molecular weight is 488 g/mol. The average Bonchev–Trinajstić information content (AvgIpc) is 3.21. The summed E-state index contributed by atoms with van der Waals surface area (Å²) >= 11 is 0. The van der Waals surface area contributed by atoms with Crippen molar-refractivity contribution in [2.24, 2.45) is 7.05 Å². The predicted molar refractivity (Wildman–Crippen MR) is 138 cm³/mol. The van der Waals surface area contributed by atoms with E-state index in [9.17, 15) is 9.59 Å². The molecule has 1 N–H and O–H groups in total. The zero-order chi connectivity index (χ0) is 25.4. The highest BCUT2D eigenvalue weighted by Crippen LogP contribution is 2.29. The summed E-state index contributed by atoms with van der Waals surface area (Å²) in [6.45, 7) is 7.98. The molecule has 5 rings (SSSR count). The third-order valence-electron chi connectivity index (χ3n) is 6.06. The van der Waals surface area contributed by atoms with E-state index in [1.54, 1.807) is 21.8 Å². The molecule has 4 aromatic rings. The van der Waals surface area contributed by atoms with Crippen molar-refractivity contribution >= 4 is 45.2 Å². The number of aromatic nitrogens is 4. The molecule has 186 valence electrons. The van der Waals surface area contributed by atoms with Crippen molar-refractivity contribution < 1.29 is 14.3 Å². The predicted octanol–water partition coefficient (Wildman–Crippen LogP) is 3.83. The van der Waals surface area contributed by atoms with Crippen molar-refractivity contribution in [2.45, 2.75) is 26.4 Å². The molecule has 0 spiro atoms. The minimum Gasteiger partial charge on any atom is -0.444 e. The Morgan fingerprint density at radius 3 is 2.56 bits per heavy atom. The smallest absolute Gasteiger partial charge is 0.410 e. The lowest BCUT2D eigenvalue weighted by Crippen LogP contribution is -2.50. The molecule has 0 atom stereocenters. The molecule has 2 amide bonds. The second-order valence-corrected chi connectivity index (χ2v) is 9.91. The summed E-state index contributed by atoms with van der Waals surface area (Å²) in [4.78, 5) is 29.6. The number of ether oxygens (including phenoxy) is 1. The molecule has 3 heterocycles. The first-order chi connectivity index (χ1) is 17.2. The number of hydrogen-bond acceptors (Lipinski definition) is 7. The lowest BCUT2D eigenvalue weighted by molar-refractivity contribution is 0.0240. The quantitative estimate of drug-likeness (QED) is 0.468. The monoisotopic (exact) mass is 487 g/mol. The van der Waals surface area contributed by atoms with E-state index in [1.807, 2.05) is 64.3 Å². The number of rotatable bonds is 3. The molecule has 10 heteroatoms. The van der Waals surface area contributed by atoms with Crippen LogP contribution < -0.4 is 10.2 Å². The van der Waals surface area contributed by atoms with E-state index >= 15 is 0 Å². The number of amides is 2. The van der Waals surface area contributed by atoms with Gasteiger partial charge >= 0.3 is 6.09 Å². The van der Waals surface area contributed by atoms with Crippen LogP contribution in [0.5, 0.6) is 0 Å². The molecule has 1 saturated heterocycles. The molecule has 10 nitrogen and oxygen atoms in total. The van der Waals surface area contributed by atoms with E-state index in [-0.39, 0.29) is 12.0 Å². The molecule has 2 aromatic carbocycles. The van der Waals surface area contributed by atoms with Gasteiger partial charge in [0.05, 0.1) is 17.3 Å². The maximum atomic E-state index is 13.2. The zero-order valence-electron chi connectivity index (χ0n) is 20.9. The second-order valence-electron chi connectivity index (χ2n) is 9.91. The van der Waals surface area contributed by atoms with Crippen LogP contribution in [-0.4, -0.2) is 68.7 Å². The Morgan fingerprint density at radius 2 is 1.81 bits per heavy atom. The minimum absolute atomic E-state index is 0.267. The molecule has 1 aliphatic rings. The highest BCUT2D eigenvalue weighted by atomic mass is 16.6. The summed E-state index contributed by atoms with van der Waals surface area (Å²) in [5.41, 5.74) is 2.86. The fourth-order valence-electron chi connectivity index (χ4n) is 4.40. The molecular weight excluding hydrogens is 458 g/mol. The molecule has 0 unspecified atom stereocenters. The Balaban J connectivity index is 1.35. The van der Waals surface area contributed by atoms with Gasteiger partial charge in [-0.3, -0.25) is 9.48 Å². The van der Waals surface area contributed by atoms with E-state index in [0.29, 0.717) is 42.9 Å². The molecule has 1 aliphatic heterocycles. The highest BCUT2D eigenvalue weighted by molar-refractivity contribution is 6.14. The molecule has 1 fully saturated rings. The van der Waals surface area contributed by atoms with Gasteiger partial charge in [0, 0.05) is 61.6 Å². The lowest BCUT2D eigenvalue weighted by atomic mass is 10.1. The standard InChI is InChI=1S/C26H29N7O3/c1-26(2,3)36-25(35)33-13-11-32(12-14-33)22-8-7-20(23-19(22)9-10-27-29-23)24(34)28-18-6-5-17-16-31(4)30-21(17)15-18/h5-10,15-16H,11-14H2,1-4H3,(H,28,34). The number of nitrogens with zero attached hydrogens (tertiary/aromatic N) is 6. The molecule has 2 aromatic heterocycles. The van der Waals surface area contributed by atoms with Crippen LogP contribution in [0.1, 0.15) is 31.1 Å². The van der Waals surface area contributed by atoms with Crippen LogP contribution in [0.4, 0.5) is 16.2 Å². The summed E-state index contributed by atoms with van der Waals surface area (Å²) in [5.74, 6) is -0.267. The highest BCUT2D eigenvalue weighted by Gasteiger charge is 2.27. The molecule has 36 heavy (non-hydrogen) atoms. The van der Waals surface area contributed by atoms with Crippen LogP contribution in [-0.2, 0) is 11.8 Å². The number of anilines is 2. The lowest BCUT2D eigenvalue weighted by Gasteiger charge is -2.37. The van der Waals surface area contributed by atoms with Crippen molar-refractivity contribution in [3.63, 3.8) is 0 Å². The van der Waals surface area contributed by atoms with Crippen LogP contribution >= 0.6 is 0 Å². The number of carbonyl (C=O) groups is 2. The minimum atomic E-state index is -0.525. The summed E-state index contributed by atoms with van der Waals surface area (Å²) in [6, 6.07) is 11.2. The SMILES string of the molecule is Cn1cc2ccc(NC(=O)c3ccc(N4CCN(C(=O)OC(C)(C)C)CC4)c4ccnnc34)cc2n1. The van der Waals surface area contributed by atoms with Crippen molar-refractivity contribution in [2.75, 3.05) is 36.4 Å². The Labute approximate surface area is 208 Å². The van der Waals surface area contributed by atoms with Gasteiger partial charge in [0.15, 0.2) is 0 Å². The molecule has 0 radical (unpaired) electrons. The number of fused-ring (bicyclic) bond motifs is 2. The van der Waals surface area contributed by atoms with Crippen LogP contribution in [0, 0.1) is 0 Å². The molecule has 0 saturated carbocycles. The van der Waals surface area contributed by atoms with Crippen LogP contribution in [0.2, 0.25) is 0 Å². The first kappa shape index (κ1) is 23.5. The molecular formula is C26H29N7O3. The zero-order valence-corrected chi connectivity index (χ0v) is 20.9. The second kappa shape index (κ2) is 9.10. The van der Waals surface area contributed by atoms with Gasteiger partial charge < -0.3 is 19.9 Å². The van der Waals surface area contributed by atoms with E-state index in [0.717, 1.165) is 22.0 Å². The van der Waals surface area contributed by atoms with Gasteiger partial charge in [0.1, 0.15) is 11.1 Å². The number of nitrogens with one attached hydrogen (secondary N) is 1. The Bertz CT molecular complexity index is 1450. The van der Waals surface area contributed by atoms with Crippen LogP contribution in [0.15, 0.2) is 48.8 Å². The van der Waals surface area contributed by atoms with E-state index in [2.05, 4.69) is 25.5 Å². The largest absolute Gasteiger partial charge is 0.444 e. The first-order valence-electron chi connectivity index (χ1n) is 11.9. The molecule has 0 aliphatic carbocycles.